The lowest BCUT2D eigenvalue weighted by Crippen LogP contribution is -2.14. The van der Waals surface area contributed by atoms with Crippen LogP contribution in [0.3, 0.4) is 0 Å². The second-order valence-corrected chi connectivity index (χ2v) is 3.35. The van der Waals surface area contributed by atoms with Crippen molar-refractivity contribution < 1.29 is 4.79 Å². The maximum absolute atomic E-state index is 10.1. The molecule has 68 valence electrons. The Balaban J connectivity index is 2.49. The molecule has 2 heterocycles. The Kier molecular flexibility index (Phi) is 1.99. The molecule has 0 radical (unpaired) electrons. The van der Waals surface area contributed by atoms with Gasteiger partial charge in [-0.05, 0) is 19.8 Å². The number of carbonyl (C=O) groups excluding carboxylic acids is 1. The third-order valence-corrected chi connectivity index (χ3v) is 2.48. The Labute approximate surface area is 76.3 Å². The molecule has 0 aliphatic carbocycles. The molecule has 1 atom stereocenters. The van der Waals surface area contributed by atoms with Crippen molar-refractivity contribution in [3.63, 3.8) is 0 Å². The standard InChI is InChI=1S/C9H11N3O/c1-7-3-2-4-8-10-5-9(11-6-13)12(7)8/h5,7H,2-4H2,1H3. The minimum atomic E-state index is 0.401. The van der Waals surface area contributed by atoms with Crippen LogP contribution in [0.2, 0.25) is 0 Å². The first kappa shape index (κ1) is 8.20. The summed E-state index contributed by atoms with van der Waals surface area (Å²) in [6.45, 7) is 2.12. The third kappa shape index (κ3) is 1.29. The zero-order valence-electron chi connectivity index (χ0n) is 7.53. The van der Waals surface area contributed by atoms with Gasteiger partial charge in [0.05, 0.1) is 6.20 Å². The van der Waals surface area contributed by atoms with Gasteiger partial charge in [0.2, 0.25) is 6.08 Å². The molecular formula is C9H11N3O. The fourth-order valence-electron chi connectivity index (χ4n) is 1.87. The van der Waals surface area contributed by atoms with E-state index in [0.29, 0.717) is 11.9 Å². The zero-order valence-corrected chi connectivity index (χ0v) is 7.53. The van der Waals surface area contributed by atoms with Gasteiger partial charge in [0, 0.05) is 12.5 Å². The van der Waals surface area contributed by atoms with E-state index < -0.39 is 0 Å². The number of aryl methyl sites for hydroxylation is 1. The topological polar surface area (TPSA) is 47.2 Å². The Bertz CT molecular complexity index is 363. The van der Waals surface area contributed by atoms with E-state index in [1.54, 1.807) is 12.3 Å². The molecule has 0 N–H and O–H groups in total. The maximum Gasteiger partial charge on any atom is 0.242 e. The summed E-state index contributed by atoms with van der Waals surface area (Å²) in [6, 6.07) is 0.401. The van der Waals surface area contributed by atoms with E-state index >= 15 is 0 Å². The van der Waals surface area contributed by atoms with Crippen molar-refractivity contribution in [1.29, 1.82) is 0 Å². The van der Waals surface area contributed by atoms with Gasteiger partial charge in [-0.1, -0.05) is 0 Å². The number of hydrogen-bond acceptors (Lipinski definition) is 3. The lowest BCUT2D eigenvalue weighted by Gasteiger charge is -2.21. The van der Waals surface area contributed by atoms with Crippen molar-refractivity contribution >= 4 is 11.9 Å². The summed E-state index contributed by atoms with van der Waals surface area (Å²) in [5.74, 6) is 1.67. The molecule has 0 amide bonds. The smallest absolute Gasteiger partial charge is 0.242 e. The Hall–Kier alpha value is -1.41. The molecular weight excluding hydrogens is 166 g/mol. The quantitative estimate of drug-likeness (QED) is 0.484. The van der Waals surface area contributed by atoms with Gasteiger partial charge in [-0.2, -0.15) is 0 Å². The van der Waals surface area contributed by atoms with Gasteiger partial charge in [0.15, 0.2) is 5.82 Å². The van der Waals surface area contributed by atoms with Crippen LogP contribution in [-0.4, -0.2) is 15.6 Å². The van der Waals surface area contributed by atoms with Crippen LogP contribution in [0.4, 0.5) is 5.82 Å². The summed E-state index contributed by atoms with van der Waals surface area (Å²) < 4.78 is 2.02. The van der Waals surface area contributed by atoms with Crippen LogP contribution >= 0.6 is 0 Å². The number of aromatic nitrogens is 2. The lowest BCUT2D eigenvalue weighted by molar-refractivity contribution is 0.428. The molecule has 0 spiro atoms. The average Bonchev–Trinajstić information content (AvgIpc) is 2.51. The molecule has 1 aromatic rings. The Morgan fingerprint density at radius 1 is 1.77 bits per heavy atom. The van der Waals surface area contributed by atoms with E-state index in [-0.39, 0.29) is 0 Å². The first-order valence-electron chi connectivity index (χ1n) is 4.47. The fourth-order valence-corrected chi connectivity index (χ4v) is 1.87. The zero-order chi connectivity index (χ0) is 9.26. The summed E-state index contributed by atoms with van der Waals surface area (Å²) in [5, 5.41) is 0. The SMILES string of the molecule is CC1CCCc2ncc(N=C=O)n21. The van der Waals surface area contributed by atoms with Crippen molar-refractivity contribution in [2.24, 2.45) is 4.99 Å². The molecule has 0 aromatic carbocycles. The van der Waals surface area contributed by atoms with Crippen LogP contribution in [0.15, 0.2) is 11.2 Å². The first-order chi connectivity index (χ1) is 6.33. The van der Waals surface area contributed by atoms with Crippen molar-refractivity contribution in [2.75, 3.05) is 0 Å². The van der Waals surface area contributed by atoms with E-state index in [1.807, 2.05) is 4.57 Å². The van der Waals surface area contributed by atoms with Gasteiger partial charge >= 0.3 is 0 Å². The number of nitrogens with zero attached hydrogens (tertiary/aromatic N) is 3. The minimum absolute atomic E-state index is 0.401. The summed E-state index contributed by atoms with van der Waals surface area (Å²) in [7, 11) is 0. The monoisotopic (exact) mass is 177 g/mol. The van der Waals surface area contributed by atoms with Crippen LogP contribution in [0.1, 0.15) is 31.6 Å². The van der Waals surface area contributed by atoms with Crippen LogP contribution in [0, 0.1) is 0 Å². The second kappa shape index (κ2) is 3.15. The molecule has 0 saturated carbocycles. The van der Waals surface area contributed by atoms with E-state index in [1.165, 1.54) is 6.42 Å². The average molecular weight is 177 g/mol. The molecule has 1 aliphatic rings. The molecule has 1 unspecified atom stereocenters. The van der Waals surface area contributed by atoms with Gasteiger partial charge in [-0.25, -0.2) is 9.78 Å². The van der Waals surface area contributed by atoms with E-state index in [4.69, 9.17) is 0 Å². The van der Waals surface area contributed by atoms with Crippen molar-refractivity contribution in [1.82, 2.24) is 9.55 Å². The normalized spacial score (nSPS) is 20.5. The molecule has 13 heavy (non-hydrogen) atoms. The molecule has 1 aliphatic heterocycles. The minimum Gasteiger partial charge on any atom is -0.310 e. The van der Waals surface area contributed by atoms with E-state index in [2.05, 4.69) is 16.9 Å². The highest BCUT2D eigenvalue weighted by molar-refractivity contribution is 5.44. The third-order valence-electron chi connectivity index (χ3n) is 2.48. The van der Waals surface area contributed by atoms with Crippen LogP contribution in [0.25, 0.3) is 0 Å². The predicted molar refractivity (Wildman–Crippen MR) is 47.7 cm³/mol. The summed E-state index contributed by atoms with van der Waals surface area (Å²) in [4.78, 5) is 18.0. The summed E-state index contributed by atoms with van der Waals surface area (Å²) in [6.07, 6.45) is 6.48. The number of hydrogen-bond donors (Lipinski definition) is 0. The Morgan fingerprint density at radius 3 is 3.38 bits per heavy atom. The number of imidazole rings is 1. The number of fused-ring (bicyclic) bond motifs is 1. The van der Waals surface area contributed by atoms with Gasteiger partial charge in [0.1, 0.15) is 5.82 Å². The summed E-state index contributed by atoms with van der Waals surface area (Å²) in [5.41, 5.74) is 0. The van der Waals surface area contributed by atoms with Gasteiger partial charge in [-0.3, -0.25) is 0 Å². The van der Waals surface area contributed by atoms with Gasteiger partial charge < -0.3 is 4.57 Å². The molecule has 2 rings (SSSR count). The van der Waals surface area contributed by atoms with Crippen LogP contribution in [-0.2, 0) is 11.2 Å². The molecule has 4 nitrogen and oxygen atoms in total. The van der Waals surface area contributed by atoms with Crippen LogP contribution < -0.4 is 0 Å². The fraction of sp³-hybridized carbons (Fsp3) is 0.556. The lowest BCUT2D eigenvalue weighted by atomic mass is 10.1. The van der Waals surface area contributed by atoms with Gasteiger partial charge in [0.25, 0.3) is 0 Å². The van der Waals surface area contributed by atoms with E-state index in [0.717, 1.165) is 18.7 Å². The Morgan fingerprint density at radius 2 is 2.62 bits per heavy atom. The molecule has 4 heteroatoms. The van der Waals surface area contributed by atoms with Crippen molar-refractivity contribution in [2.45, 2.75) is 32.2 Å². The number of aliphatic imine (C=N–C) groups is 1. The van der Waals surface area contributed by atoms with Crippen LogP contribution in [0.5, 0.6) is 0 Å². The van der Waals surface area contributed by atoms with Gasteiger partial charge in [-0.15, -0.1) is 4.99 Å². The molecule has 0 fully saturated rings. The highest BCUT2D eigenvalue weighted by atomic mass is 16.1. The number of isocyanates is 1. The largest absolute Gasteiger partial charge is 0.310 e. The number of rotatable bonds is 1. The highest BCUT2D eigenvalue weighted by Crippen LogP contribution is 2.29. The first-order valence-corrected chi connectivity index (χ1v) is 4.47. The molecule has 0 saturated heterocycles. The maximum atomic E-state index is 10.1. The molecule has 1 aromatic heterocycles. The molecule has 0 bridgehead atoms. The summed E-state index contributed by atoms with van der Waals surface area (Å²) >= 11 is 0. The predicted octanol–water partition coefficient (Wildman–Crippen LogP) is 1.75. The van der Waals surface area contributed by atoms with Crippen molar-refractivity contribution in [3.8, 4) is 0 Å². The second-order valence-electron chi connectivity index (χ2n) is 3.35. The van der Waals surface area contributed by atoms with Crippen molar-refractivity contribution in [3.05, 3.63) is 12.0 Å². The highest BCUT2D eigenvalue weighted by Gasteiger charge is 2.19. The van der Waals surface area contributed by atoms with E-state index in [9.17, 15) is 4.79 Å².